The van der Waals surface area contributed by atoms with Crippen LogP contribution in [0, 0.1) is 13.8 Å². The van der Waals surface area contributed by atoms with Gasteiger partial charge in [-0.05, 0) is 57.5 Å². The third-order valence-electron chi connectivity index (χ3n) is 6.83. The van der Waals surface area contributed by atoms with Crippen LogP contribution >= 0.6 is 0 Å². The molecule has 0 radical (unpaired) electrons. The fourth-order valence-corrected chi connectivity index (χ4v) is 4.73. The molecule has 0 spiro atoms. The fourth-order valence-electron chi connectivity index (χ4n) is 4.73. The van der Waals surface area contributed by atoms with Gasteiger partial charge in [0.05, 0.1) is 22.4 Å². The Morgan fingerprint density at radius 3 is 2.28 bits per heavy atom. The third-order valence-corrected chi connectivity index (χ3v) is 6.83. The predicted molar refractivity (Wildman–Crippen MR) is 150 cm³/mol. The lowest BCUT2D eigenvalue weighted by atomic mass is 9.94. The molecule has 0 aliphatic heterocycles. The van der Waals surface area contributed by atoms with Gasteiger partial charge in [-0.25, -0.2) is 0 Å². The molecule has 39 heavy (non-hydrogen) atoms. The number of carbonyl (C=O) groups is 1. The van der Waals surface area contributed by atoms with E-state index in [2.05, 4.69) is 34.4 Å². The summed E-state index contributed by atoms with van der Waals surface area (Å²) in [5.74, 6) is 0.00798. The second-order valence-electron chi connectivity index (χ2n) is 9.60. The van der Waals surface area contributed by atoms with Gasteiger partial charge in [0, 0.05) is 24.7 Å². The number of hydrogen-bond acceptors (Lipinski definition) is 8. The lowest BCUT2D eigenvalue weighted by Crippen LogP contribution is -2.24. The molecular formula is C30H36N4O5. The van der Waals surface area contributed by atoms with Gasteiger partial charge in [0.25, 0.3) is 5.91 Å². The van der Waals surface area contributed by atoms with Crippen LogP contribution in [0.1, 0.15) is 61.1 Å². The van der Waals surface area contributed by atoms with E-state index in [1.165, 1.54) is 6.07 Å². The van der Waals surface area contributed by atoms with Gasteiger partial charge in [0.1, 0.15) is 17.3 Å². The molecule has 0 aliphatic carbocycles. The highest BCUT2D eigenvalue weighted by atomic mass is 16.5. The van der Waals surface area contributed by atoms with Gasteiger partial charge in [-0.15, -0.1) is 0 Å². The van der Waals surface area contributed by atoms with Crippen molar-refractivity contribution in [2.75, 3.05) is 19.6 Å². The Balaban J connectivity index is 1.81. The van der Waals surface area contributed by atoms with E-state index in [0.29, 0.717) is 34.7 Å². The Hall–Kier alpha value is -4.11. The maximum atomic E-state index is 13.0. The number of unbranched alkanes of at least 4 members (excludes halogenated alkanes) is 1. The van der Waals surface area contributed by atoms with Crippen molar-refractivity contribution in [3.8, 4) is 45.1 Å². The van der Waals surface area contributed by atoms with Gasteiger partial charge < -0.3 is 24.6 Å². The van der Waals surface area contributed by atoms with E-state index in [-0.39, 0.29) is 34.4 Å². The van der Waals surface area contributed by atoms with Crippen LogP contribution in [0.3, 0.4) is 0 Å². The molecule has 206 valence electrons. The summed E-state index contributed by atoms with van der Waals surface area (Å²) in [4.78, 5) is 15.4. The highest BCUT2D eigenvalue weighted by Crippen LogP contribution is 2.45. The van der Waals surface area contributed by atoms with E-state index in [9.17, 15) is 15.0 Å². The summed E-state index contributed by atoms with van der Waals surface area (Å²) in [7, 11) is 0. The van der Waals surface area contributed by atoms with Crippen molar-refractivity contribution in [1.29, 1.82) is 0 Å². The molecule has 2 aromatic heterocycles. The minimum atomic E-state index is -0.382. The number of amides is 1. The first-order valence-electron chi connectivity index (χ1n) is 13.4. The van der Waals surface area contributed by atoms with Gasteiger partial charge in [-0.1, -0.05) is 54.8 Å². The van der Waals surface area contributed by atoms with Gasteiger partial charge >= 0.3 is 0 Å². The first-order valence-corrected chi connectivity index (χ1v) is 13.4. The molecule has 2 heterocycles. The molecule has 4 aromatic rings. The zero-order valence-corrected chi connectivity index (χ0v) is 23.2. The number of aromatic nitrogens is 2. The number of aromatic hydroxyl groups is 2. The maximum Gasteiger partial charge on any atom is 0.274 e. The SMILES string of the molecule is CCCCN(CC)Cc1ccc(-c2c(C(=O)NCC)noc2-c2cc(-c3c(C)noc3C)c(O)cc2O)cc1. The minimum Gasteiger partial charge on any atom is -0.507 e. The summed E-state index contributed by atoms with van der Waals surface area (Å²) in [6, 6.07) is 10.8. The number of phenols is 2. The first-order chi connectivity index (χ1) is 18.8. The van der Waals surface area contributed by atoms with E-state index in [4.69, 9.17) is 9.05 Å². The van der Waals surface area contributed by atoms with E-state index in [1.54, 1.807) is 19.9 Å². The molecular weight excluding hydrogens is 496 g/mol. The molecule has 0 unspecified atom stereocenters. The number of phenolic OH excluding ortho intramolecular Hbond substituents is 2. The molecule has 0 aliphatic rings. The third kappa shape index (κ3) is 5.83. The Morgan fingerprint density at radius 1 is 0.949 bits per heavy atom. The Kier molecular flexibility index (Phi) is 8.71. The average Bonchev–Trinajstić information content (AvgIpc) is 3.50. The van der Waals surface area contributed by atoms with Crippen molar-refractivity contribution in [1.82, 2.24) is 20.5 Å². The summed E-state index contributed by atoms with van der Waals surface area (Å²) >= 11 is 0. The fraction of sp³-hybridized carbons (Fsp3) is 0.367. The van der Waals surface area contributed by atoms with E-state index in [0.717, 1.165) is 43.6 Å². The molecule has 2 aromatic carbocycles. The van der Waals surface area contributed by atoms with Crippen molar-refractivity contribution >= 4 is 5.91 Å². The highest BCUT2D eigenvalue weighted by molar-refractivity contribution is 6.03. The quantitative estimate of drug-likeness (QED) is 0.213. The standard InChI is InChI=1S/C30H36N4O5/c1-6-9-14-34(8-3)17-20-10-12-21(13-11-20)27-28(30(37)31-7-2)33-39-29(27)23-15-22(24(35)16-25(23)36)26-18(4)32-38-19(26)5/h10-13,15-16,35-36H,6-9,14,17H2,1-5H3,(H,31,37). The normalized spacial score (nSPS) is 11.3. The lowest BCUT2D eigenvalue weighted by Gasteiger charge is -2.20. The smallest absolute Gasteiger partial charge is 0.274 e. The number of hydrogen-bond donors (Lipinski definition) is 3. The zero-order valence-electron chi connectivity index (χ0n) is 23.2. The number of nitrogens with zero attached hydrogens (tertiary/aromatic N) is 3. The van der Waals surface area contributed by atoms with Crippen LogP contribution in [0.4, 0.5) is 0 Å². The Labute approximate surface area is 228 Å². The number of aryl methyl sites for hydroxylation is 2. The van der Waals surface area contributed by atoms with Crippen LogP contribution in [0.2, 0.25) is 0 Å². The van der Waals surface area contributed by atoms with Crippen molar-refractivity contribution in [3.63, 3.8) is 0 Å². The molecule has 4 rings (SSSR count). The summed E-state index contributed by atoms with van der Waals surface area (Å²) < 4.78 is 11.0. The monoisotopic (exact) mass is 532 g/mol. The van der Waals surface area contributed by atoms with Gasteiger partial charge in [0.15, 0.2) is 11.5 Å². The Bertz CT molecular complexity index is 1420. The molecule has 0 atom stereocenters. The van der Waals surface area contributed by atoms with Crippen molar-refractivity contribution in [2.45, 2.75) is 54.0 Å². The van der Waals surface area contributed by atoms with Crippen LogP contribution < -0.4 is 5.32 Å². The summed E-state index contributed by atoms with van der Waals surface area (Å²) in [5.41, 5.74) is 4.36. The summed E-state index contributed by atoms with van der Waals surface area (Å²) in [6.45, 7) is 13.0. The molecule has 9 heteroatoms. The van der Waals surface area contributed by atoms with Gasteiger partial charge in [-0.3, -0.25) is 9.69 Å². The predicted octanol–water partition coefficient (Wildman–Crippen LogP) is 6.06. The van der Waals surface area contributed by atoms with Crippen molar-refractivity contribution < 1.29 is 24.1 Å². The number of rotatable bonds is 11. The molecule has 0 saturated heterocycles. The minimum absolute atomic E-state index is 0.115. The number of nitrogens with one attached hydrogen (secondary N) is 1. The Morgan fingerprint density at radius 2 is 1.67 bits per heavy atom. The molecule has 3 N–H and O–H groups in total. The van der Waals surface area contributed by atoms with Crippen LogP contribution in [0.25, 0.3) is 33.6 Å². The number of carbonyl (C=O) groups excluding carboxylic acids is 1. The lowest BCUT2D eigenvalue weighted by molar-refractivity contribution is 0.0947. The van der Waals surface area contributed by atoms with Crippen molar-refractivity contribution in [3.05, 3.63) is 59.1 Å². The van der Waals surface area contributed by atoms with Crippen molar-refractivity contribution in [2.24, 2.45) is 0 Å². The average molecular weight is 533 g/mol. The molecule has 0 bridgehead atoms. The largest absolute Gasteiger partial charge is 0.507 e. The van der Waals surface area contributed by atoms with Crippen LogP contribution in [-0.2, 0) is 6.54 Å². The molecule has 9 nitrogen and oxygen atoms in total. The molecule has 1 amide bonds. The molecule has 0 saturated carbocycles. The summed E-state index contributed by atoms with van der Waals surface area (Å²) in [5, 5.41) is 32.4. The van der Waals surface area contributed by atoms with Crippen LogP contribution in [-0.4, -0.2) is 51.0 Å². The van der Waals surface area contributed by atoms with Gasteiger partial charge in [-0.2, -0.15) is 0 Å². The second-order valence-corrected chi connectivity index (χ2v) is 9.60. The van der Waals surface area contributed by atoms with E-state index in [1.807, 2.05) is 31.2 Å². The highest BCUT2D eigenvalue weighted by Gasteiger charge is 2.27. The van der Waals surface area contributed by atoms with Crippen LogP contribution in [0.15, 0.2) is 45.4 Å². The number of benzene rings is 2. The topological polar surface area (TPSA) is 125 Å². The van der Waals surface area contributed by atoms with E-state index >= 15 is 0 Å². The van der Waals surface area contributed by atoms with E-state index < -0.39 is 0 Å². The first kappa shape index (κ1) is 27.9. The summed E-state index contributed by atoms with van der Waals surface area (Å²) in [6.07, 6.45) is 2.30. The maximum absolute atomic E-state index is 13.0. The van der Waals surface area contributed by atoms with Gasteiger partial charge in [0.2, 0.25) is 0 Å². The second kappa shape index (κ2) is 12.2. The van der Waals surface area contributed by atoms with Crippen LogP contribution in [0.5, 0.6) is 11.5 Å². The zero-order chi connectivity index (χ0) is 28.1. The molecule has 0 fully saturated rings.